The number of hydrogen-bond acceptors (Lipinski definition) is 7. The molecule has 36 heavy (non-hydrogen) atoms. The van der Waals surface area contributed by atoms with Gasteiger partial charge in [0.25, 0.3) is 0 Å². The Balaban J connectivity index is 1.40. The van der Waals surface area contributed by atoms with Gasteiger partial charge in [-0.15, -0.1) is 11.3 Å². The minimum absolute atomic E-state index is 0.00960. The minimum atomic E-state index is -0.556. The lowest BCUT2D eigenvalue weighted by molar-refractivity contribution is -0.140. The van der Waals surface area contributed by atoms with Crippen LogP contribution in [0.2, 0.25) is 0 Å². The molecule has 0 aliphatic carbocycles. The Kier molecular flexibility index (Phi) is 7.59. The van der Waals surface area contributed by atoms with Crippen molar-refractivity contribution in [2.45, 2.75) is 50.7 Å². The third kappa shape index (κ3) is 5.00. The average Bonchev–Trinajstić information content (AvgIpc) is 3.61. The van der Waals surface area contributed by atoms with Crippen LogP contribution in [-0.2, 0) is 14.3 Å². The number of fused-ring (bicyclic) bond motifs is 1. The Morgan fingerprint density at radius 2 is 1.97 bits per heavy atom. The van der Waals surface area contributed by atoms with E-state index in [0.717, 1.165) is 52.7 Å². The quantitative estimate of drug-likeness (QED) is 0.508. The van der Waals surface area contributed by atoms with Crippen molar-refractivity contribution < 1.29 is 14.3 Å². The molecule has 0 spiro atoms. The third-order valence-corrected chi connectivity index (χ3v) is 8.36. The number of rotatable bonds is 7. The standard InChI is InChI=1S/C27H33N5O3S/c1-17(28-2)25(33)31-24(18-9-12-35-13-10-18)27(34)32-11-5-8-23(32)26-30-22(16-36-26)21-15-29-14-19-6-3-4-7-20(19)21/h3-4,6-7,14-18,23-24,28H,5,8-13H2,1-2H3,(H,31,33)/t17-,23-,24-/m0/s1. The number of carbonyl (C=O) groups is 2. The molecule has 8 nitrogen and oxygen atoms in total. The van der Waals surface area contributed by atoms with Crippen LogP contribution in [0.1, 0.15) is 43.7 Å². The number of pyridine rings is 1. The van der Waals surface area contributed by atoms with Crippen molar-refractivity contribution in [3.05, 3.63) is 47.0 Å². The lowest BCUT2D eigenvalue weighted by atomic mass is 9.90. The van der Waals surface area contributed by atoms with E-state index in [2.05, 4.69) is 33.1 Å². The highest BCUT2D eigenvalue weighted by Gasteiger charge is 2.40. The topological polar surface area (TPSA) is 96.5 Å². The predicted octanol–water partition coefficient (Wildman–Crippen LogP) is 3.54. The lowest BCUT2D eigenvalue weighted by Crippen LogP contribution is -2.56. The number of thiazole rings is 1. The van der Waals surface area contributed by atoms with E-state index in [-0.39, 0.29) is 29.8 Å². The van der Waals surface area contributed by atoms with Crippen LogP contribution in [-0.4, -0.2) is 65.6 Å². The molecule has 1 aromatic carbocycles. The summed E-state index contributed by atoms with van der Waals surface area (Å²) in [6.07, 6.45) is 7.04. The average molecular weight is 508 g/mol. The molecule has 2 saturated heterocycles. The normalized spacial score (nSPS) is 20.4. The Morgan fingerprint density at radius 1 is 1.17 bits per heavy atom. The van der Waals surface area contributed by atoms with Gasteiger partial charge in [-0.05, 0) is 51.0 Å². The highest BCUT2D eigenvalue weighted by Crippen LogP contribution is 2.38. The van der Waals surface area contributed by atoms with Gasteiger partial charge in [-0.1, -0.05) is 24.3 Å². The molecule has 5 rings (SSSR count). The van der Waals surface area contributed by atoms with Crippen LogP contribution in [0.15, 0.2) is 42.0 Å². The first kappa shape index (κ1) is 24.8. The maximum Gasteiger partial charge on any atom is 0.246 e. The first-order valence-electron chi connectivity index (χ1n) is 12.7. The molecule has 4 heterocycles. The van der Waals surface area contributed by atoms with Crippen LogP contribution in [0.25, 0.3) is 22.0 Å². The second-order valence-corrected chi connectivity index (χ2v) is 10.5. The summed E-state index contributed by atoms with van der Waals surface area (Å²) in [6, 6.07) is 7.16. The number of nitrogens with one attached hydrogen (secondary N) is 2. The van der Waals surface area contributed by atoms with Crippen LogP contribution in [0.4, 0.5) is 0 Å². The van der Waals surface area contributed by atoms with Crippen LogP contribution in [0.3, 0.4) is 0 Å². The van der Waals surface area contributed by atoms with Gasteiger partial charge < -0.3 is 20.3 Å². The van der Waals surface area contributed by atoms with Crippen molar-refractivity contribution in [3.63, 3.8) is 0 Å². The molecular formula is C27H33N5O3S. The molecule has 0 saturated carbocycles. The van der Waals surface area contributed by atoms with E-state index in [1.54, 1.807) is 25.3 Å². The molecule has 2 fully saturated rings. The molecule has 3 atom stereocenters. The van der Waals surface area contributed by atoms with Crippen molar-refractivity contribution in [3.8, 4) is 11.3 Å². The molecule has 2 aliphatic heterocycles. The first-order valence-corrected chi connectivity index (χ1v) is 13.6. The molecular weight excluding hydrogens is 474 g/mol. The van der Waals surface area contributed by atoms with E-state index in [9.17, 15) is 9.59 Å². The van der Waals surface area contributed by atoms with Crippen LogP contribution in [0.5, 0.6) is 0 Å². The highest BCUT2D eigenvalue weighted by molar-refractivity contribution is 7.10. The molecule has 190 valence electrons. The fourth-order valence-corrected chi connectivity index (χ4v) is 6.16. The maximum absolute atomic E-state index is 13.9. The predicted molar refractivity (Wildman–Crippen MR) is 141 cm³/mol. The van der Waals surface area contributed by atoms with E-state index in [1.807, 2.05) is 29.4 Å². The van der Waals surface area contributed by atoms with E-state index < -0.39 is 6.04 Å². The molecule has 2 N–H and O–H groups in total. The number of aromatic nitrogens is 2. The van der Waals surface area contributed by atoms with Crippen LogP contribution in [0, 0.1) is 5.92 Å². The lowest BCUT2D eigenvalue weighted by Gasteiger charge is -2.35. The summed E-state index contributed by atoms with van der Waals surface area (Å²) in [5, 5.41) is 11.2. The van der Waals surface area contributed by atoms with Crippen molar-refractivity contribution >= 4 is 33.9 Å². The third-order valence-electron chi connectivity index (χ3n) is 7.41. The largest absolute Gasteiger partial charge is 0.381 e. The fraction of sp³-hybridized carbons (Fsp3) is 0.481. The van der Waals surface area contributed by atoms with Crippen LogP contribution < -0.4 is 10.6 Å². The zero-order valence-corrected chi connectivity index (χ0v) is 21.6. The molecule has 0 bridgehead atoms. The maximum atomic E-state index is 13.9. The summed E-state index contributed by atoms with van der Waals surface area (Å²) in [5.74, 6) is -0.100. The number of amides is 2. The van der Waals surface area contributed by atoms with Crippen molar-refractivity contribution in [1.82, 2.24) is 25.5 Å². The monoisotopic (exact) mass is 507 g/mol. The molecule has 2 aromatic heterocycles. The molecule has 0 radical (unpaired) electrons. The van der Waals surface area contributed by atoms with Gasteiger partial charge in [-0.2, -0.15) is 0 Å². The van der Waals surface area contributed by atoms with Gasteiger partial charge in [0, 0.05) is 48.5 Å². The molecule has 3 aromatic rings. The number of benzene rings is 1. The highest BCUT2D eigenvalue weighted by atomic mass is 32.1. The number of likely N-dealkylation sites (tertiary alicyclic amines) is 1. The van der Waals surface area contributed by atoms with Crippen molar-refractivity contribution in [2.24, 2.45) is 5.92 Å². The summed E-state index contributed by atoms with van der Waals surface area (Å²) in [7, 11) is 1.75. The Hall–Kier alpha value is -2.88. The minimum Gasteiger partial charge on any atom is -0.381 e. The van der Waals surface area contributed by atoms with Gasteiger partial charge in [0.15, 0.2) is 0 Å². The number of ether oxygens (including phenoxy) is 1. The van der Waals surface area contributed by atoms with Gasteiger partial charge in [-0.3, -0.25) is 14.6 Å². The van der Waals surface area contributed by atoms with E-state index in [4.69, 9.17) is 9.72 Å². The van der Waals surface area contributed by atoms with Gasteiger partial charge in [0.2, 0.25) is 11.8 Å². The summed E-state index contributed by atoms with van der Waals surface area (Å²) in [4.78, 5) is 38.1. The molecule has 0 unspecified atom stereocenters. The van der Waals surface area contributed by atoms with Crippen molar-refractivity contribution in [1.29, 1.82) is 0 Å². The van der Waals surface area contributed by atoms with E-state index in [1.165, 1.54) is 0 Å². The second kappa shape index (κ2) is 11.0. The Morgan fingerprint density at radius 3 is 2.78 bits per heavy atom. The summed E-state index contributed by atoms with van der Waals surface area (Å²) < 4.78 is 5.53. The molecule has 9 heteroatoms. The van der Waals surface area contributed by atoms with Crippen LogP contribution >= 0.6 is 11.3 Å². The van der Waals surface area contributed by atoms with E-state index in [0.29, 0.717) is 19.8 Å². The Bertz CT molecular complexity index is 1220. The SMILES string of the molecule is CN[C@@H](C)C(=O)N[C@H](C(=O)N1CCC[C@H]1c1nc(-c2cncc3ccccc23)cs1)C1CCOCC1. The van der Waals surface area contributed by atoms with Gasteiger partial charge in [0.05, 0.1) is 17.8 Å². The number of hydrogen-bond donors (Lipinski definition) is 2. The smallest absolute Gasteiger partial charge is 0.246 e. The summed E-state index contributed by atoms with van der Waals surface area (Å²) in [5.41, 5.74) is 1.88. The zero-order chi connectivity index (χ0) is 25.1. The van der Waals surface area contributed by atoms with E-state index >= 15 is 0 Å². The number of carbonyl (C=O) groups excluding carboxylic acids is 2. The first-order chi connectivity index (χ1) is 17.6. The number of nitrogens with zero attached hydrogens (tertiary/aromatic N) is 3. The molecule has 2 amide bonds. The summed E-state index contributed by atoms with van der Waals surface area (Å²) >= 11 is 1.59. The second-order valence-electron chi connectivity index (χ2n) is 9.62. The molecule has 2 aliphatic rings. The van der Waals surface area contributed by atoms with Gasteiger partial charge >= 0.3 is 0 Å². The number of likely N-dealkylation sites (N-methyl/N-ethyl adjacent to an activating group) is 1. The fourth-order valence-electron chi connectivity index (χ4n) is 5.19. The van der Waals surface area contributed by atoms with Crippen molar-refractivity contribution in [2.75, 3.05) is 26.8 Å². The summed E-state index contributed by atoms with van der Waals surface area (Å²) in [6.45, 7) is 3.71. The Labute approximate surface area is 215 Å². The zero-order valence-electron chi connectivity index (χ0n) is 20.8. The van der Waals surface area contributed by atoms with Gasteiger partial charge in [0.1, 0.15) is 11.0 Å². The van der Waals surface area contributed by atoms with Gasteiger partial charge in [-0.25, -0.2) is 4.98 Å².